The van der Waals surface area contributed by atoms with Crippen molar-refractivity contribution in [3.8, 4) is 5.82 Å². The van der Waals surface area contributed by atoms with Crippen molar-refractivity contribution in [3.05, 3.63) is 35.2 Å². The lowest BCUT2D eigenvalue weighted by molar-refractivity contribution is 0.0636. The number of aromatic nitrogens is 3. The number of nitrogens with one attached hydrogen (secondary N) is 1. The summed E-state index contributed by atoms with van der Waals surface area (Å²) in [5.74, 6) is 0.518. The highest BCUT2D eigenvalue weighted by Gasteiger charge is 2.18. The van der Waals surface area contributed by atoms with E-state index >= 15 is 0 Å². The van der Waals surface area contributed by atoms with Crippen LogP contribution in [-0.2, 0) is 4.74 Å². The molecule has 0 aliphatic heterocycles. The summed E-state index contributed by atoms with van der Waals surface area (Å²) >= 11 is 3.33. The maximum Gasteiger partial charge on any atom is 0.412 e. The van der Waals surface area contributed by atoms with Gasteiger partial charge in [-0.3, -0.25) is 5.32 Å². The number of carbonyl (C=O) groups excluding carboxylic acids is 1. The quantitative estimate of drug-likeness (QED) is 0.911. The molecule has 2 aromatic heterocycles. The van der Waals surface area contributed by atoms with Gasteiger partial charge in [-0.2, -0.15) is 5.10 Å². The summed E-state index contributed by atoms with van der Waals surface area (Å²) in [6.45, 7) is 5.42. The Balaban J connectivity index is 2.27. The summed E-state index contributed by atoms with van der Waals surface area (Å²) < 4.78 is 7.55. The summed E-state index contributed by atoms with van der Waals surface area (Å²) in [6.07, 6.45) is 4.49. The Bertz CT molecular complexity index is 605. The zero-order chi connectivity index (χ0) is 14.8. The monoisotopic (exact) mass is 338 g/mol. The third-order valence-corrected chi connectivity index (χ3v) is 2.62. The van der Waals surface area contributed by atoms with Gasteiger partial charge < -0.3 is 4.74 Å². The highest BCUT2D eigenvalue weighted by Crippen LogP contribution is 2.22. The molecule has 0 aliphatic rings. The van der Waals surface area contributed by atoms with Crippen LogP contribution in [0.25, 0.3) is 5.82 Å². The first-order valence-electron chi connectivity index (χ1n) is 6.01. The predicted molar refractivity (Wildman–Crippen MR) is 78.9 cm³/mol. The van der Waals surface area contributed by atoms with E-state index in [9.17, 15) is 4.79 Å². The fourth-order valence-electron chi connectivity index (χ4n) is 1.51. The number of anilines is 1. The molecule has 0 unspecified atom stereocenters. The Morgan fingerprint density at radius 2 is 2.20 bits per heavy atom. The molecule has 106 valence electrons. The second kappa shape index (κ2) is 5.62. The van der Waals surface area contributed by atoms with Gasteiger partial charge in [0.1, 0.15) is 5.60 Å². The van der Waals surface area contributed by atoms with E-state index in [2.05, 4.69) is 31.3 Å². The van der Waals surface area contributed by atoms with E-state index in [1.54, 1.807) is 56.2 Å². The van der Waals surface area contributed by atoms with E-state index in [-0.39, 0.29) is 0 Å². The maximum atomic E-state index is 11.9. The number of halogens is 1. The molecule has 0 bridgehead atoms. The first-order chi connectivity index (χ1) is 9.35. The van der Waals surface area contributed by atoms with Crippen LogP contribution < -0.4 is 5.32 Å². The third-order valence-electron chi connectivity index (χ3n) is 2.19. The molecular formula is C13H15BrN4O2. The number of carbonyl (C=O) groups is 1. The Kier molecular flexibility index (Phi) is 4.08. The number of hydrogen-bond acceptors (Lipinski definition) is 4. The third kappa shape index (κ3) is 3.80. The lowest BCUT2D eigenvalue weighted by Gasteiger charge is -2.20. The summed E-state index contributed by atoms with van der Waals surface area (Å²) in [6, 6.07) is 3.52. The standard InChI is InChI=1S/C13H15BrN4O2/c1-13(2,3)20-12(19)17-10-7-9(14)8-15-11(10)18-6-4-5-16-18/h4-8H,1-3H3,(H,17,19). The number of rotatable bonds is 2. The van der Waals surface area contributed by atoms with Crippen LogP contribution in [0.1, 0.15) is 20.8 Å². The minimum Gasteiger partial charge on any atom is -0.444 e. The fourth-order valence-corrected chi connectivity index (χ4v) is 1.85. The molecule has 7 heteroatoms. The molecular weight excluding hydrogens is 324 g/mol. The van der Waals surface area contributed by atoms with Gasteiger partial charge >= 0.3 is 6.09 Å². The highest BCUT2D eigenvalue weighted by atomic mass is 79.9. The maximum absolute atomic E-state index is 11.9. The molecule has 1 amide bonds. The van der Waals surface area contributed by atoms with Crippen LogP contribution in [0.2, 0.25) is 0 Å². The Hall–Kier alpha value is -1.89. The largest absolute Gasteiger partial charge is 0.444 e. The van der Waals surface area contributed by atoms with Gasteiger partial charge in [-0.1, -0.05) is 0 Å². The molecule has 0 atom stereocenters. The van der Waals surface area contributed by atoms with Crippen LogP contribution in [0.5, 0.6) is 0 Å². The summed E-state index contributed by atoms with van der Waals surface area (Å²) in [5, 5.41) is 6.79. The molecule has 0 aromatic carbocycles. The molecule has 6 nitrogen and oxygen atoms in total. The van der Waals surface area contributed by atoms with Crippen molar-refractivity contribution in [2.75, 3.05) is 5.32 Å². The second-order valence-corrected chi connectivity index (χ2v) is 6.02. The number of nitrogens with zero attached hydrogens (tertiary/aromatic N) is 3. The van der Waals surface area contributed by atoms with Gasteiger partial charge in [0, 0.05) is 23.1 Å². The van der Waals surface area contributed by atoms with E-state index in [1.807, 2.05) is 0 Å². The summed E-state index contributed by atoms with van der Waals surface area (Å²) in [7, 11) is 0. The van der Waals surface area contributed by atoms with Crippen molar-refractivity contribution in [1.82, 2.24) is 14.8 Å². The Morgan fingerprint density at radius 3 is 2.80 bits per heavy atom. The zero-order valence-electron chi connectivity index (χ0n) is 11.4. The van der Waals surface area contributed by atoms with Crippen molar-refractivity contribution in [2.45, 2.75) is 26.4 Å². The van der Waals surface area contributed by atoms with Crippen LogP contribution in [0.15, 0.2) is 35.2 Å². The van der Waals surface area contributed by atoms with Crippen LogP contribution >= 0.6 is 15.9 Å². The van der Waals surface area contributed by atoms with E-state index in [0.29, 0.717) is 11.5 Å². The van der Waals surface area contributed by atoms with Crippen LogP contribution in [-0.4, -0.2) is 26.5 Å². The molecule has 0 spiro atoms. The molecule has 2 rings (SSSR count). The highest BCUT2D eigenvalue weighted by molar-refractivity contribution is 9.10. The molecule has 2 heterocycles. The summed E-state index contributed by atoms with van der Waals surface area (Å²) in [5.41, 5.74) is -0.0487. The first-order valence-corrected chi connectivity index (χ1v) is 6.80. The van der Waals surface area contributed by atoms with Crippen LogP contribution in [0.4, 0.5) is 10.5 Å². The summed E-state index contributed by atoms with van der Waals surface area (Å²) in [4.78, 5) is 16.1. The van der Waals surface area contributed by atoms with Crippen molar-refractivity contribution < 1.29 is 9.53 Å². The second-order valence-electron chi connectivity index (χ2n) is 5.10. The van der Waals surface area contributed by atoms with Gasteiger partial charge in [-0.05, 0) is 48.8 Å². The zero-order valence-corrected chi connectivity index (χ0v) is 13.0. The number of ether oxygens (including phenoxy) is 1. The fraction of sp³-hybridized carbons (Fsp3) is 0.308. The Morgan fingerprint density at radius 1 is 1.45 bits per heavy atom. The average molecular weight is 339 g/mol. The molecule has 1 N–H and O–H groups in total. The smallest absolute Gasteiger partial charge is 0.412 e. The molecule has 0 saturated carbocycles. The average Bonchev–Trinajstić information content (AvgIpc) is 2.79. The normalized spacial score (nSPS) is 11.2. The molecule has 0 aliphatic carbocycles. The van der Waals surface area contributed by atoms with Gasteiger partial charge in [-0.15, -0.1) is 0 Å². The molecule has 0 fully saturated rings. The predicted octanol–water partition coefficient (Wildman–Crippen LogP) is 3.38. The number of amides is 1. The van der Waals surface area contributed by atoms with Crippen molar-refractivity contribution in [1.29, 1.82) is 0 Å². The molecule has 2 aromatic rings. The minimum absolute atomic E-state index is 0.511. The lowest BCUT2D eigenvalue weighted by Crippen LogP contribution is -2.27. The minimum atomic E-state index is -0.560. The molecule has 0 saturated heterocycles. The van der Waals surface area contributed by atoms with Gasteiger partial charge in [0.05, 0.1) is 5.69 Å². The van der Waals surface area contributed by atoms with Crippen molar-refractivity contribution in [3.63, 3.8) is 0 Å². The molecule has 20 heavy (non-hydrogen) atoms. The van der Waals surface area contributed by atoms with E-state index in [1.165, 1.54) is 0 Å². The van der Waals surface area contributed by atoms with E-state index < -0.39 is 11.7 Å². The topological polar surface area (TPSA) is 69.0 Å². The van der Waals surface area contributed by atoms with Crippen LogP contribution in [0, 0.1) is 0 Å². The van der Waals surface area contributed by atoms with Crippen molar-refractivity contribution >= 4 is 27.7 Å². The first kappa shape index (κ1) is 14.5. The number of pyridine rings is 1. The lowest BCUT2D eigenvalue weighted by atomic mass is 10.2. The van der Waals surface area contributed by atoms with E-state index in [0.717, 1.165) is 4.47 Å². The van der Waals surface area contributed by atoms with E-state index in [4.69, 9.17) is 4.74 Å². The van der Waals surface area contributed by atoms with Gasteiger partial charge in [-0.25, -0.2) is 14.5 Å². The number of hydrogen-bond donors (Lipinski definition) is 1. The van der Waals surface area contributed by atoms with Crippen LogP contribution in [0.3, 0.4) is 0 Å². The molecule has 0 radical (unpaired) electrons. The van der Waals surface area contributed by atoms with Crippen molar-refractivity contribution in [2.24, 2.45) is 0 Å². The van der Waals surface area contributed by atoms with Gasteiger partial charge in [0.15, 0.2) is 5.82 Å². The Labute approximate surface area is 125 Å². The van der Waals surface area contributed by atoms with Gasteiger partial charge in [0.25, 0.3) is 0 Å². The van der Waals surface area contributed by atoms with Gasteiger partial charge in [0.2, 0.25) is 0 Å². The SMILES string of the molecule is CC(C)(C)OC(=O)Nc1cc(Br)cnc1-n1cccn1.